The molecule has 0 aliphatic carbocycles. The van der Waals surface area contributed by atoms with Crippen LogP contribution in [-0.2, 0) is 21.4 Å². The number of carbonyl (C=O) groups excluding carboxylic acids is 2. The third-order valence-corrected chi connectivity index (χ3v) is 4.59. The number of hydrogen-bond donors (Lipinski definition) is 2. The molecular weight excluding hydrogens is 316 g/mol. The molecule has 0 saturated heterocycles. The quantitative estimate of drug-likeness (QED) is 0.616. The van der Waals surface area contributed by atoms with Gasteiger partial charge in [0, 0.05) is 25.1 Å². The monoisotopic (exact) mass is 344 g/mol. The Morgan fingerprint density at radius 3 is 2.48 bits per heavy atom. The fourth-order valence-corrected chi connectivity index (χ4v) is 2.95. The van der Waals surface area contributed by atoms with Crippen molar-refractivity contribution in [3.8, 4) is 0 Å². The van der Waals surface area contributed by atoms with E-state index in [1.165, 1.54) is 11.1 Å². The number of hydrogen-bond acceptors (Lipinski definition) is 3. The van der Waals surface area contributed by atoms with Crippen molar-refractivity contribution in [2.45, 2.75) is 51.9 Å². The maximum Gasteiger partial charge on any atom is 0.249 e. The Morgan fingerprint density at radius 1 is 1.20 bits per heavy atom. The van der Waals surface area contributed by atoms with Crippen molar-refractivity contribution in [3.63, 3.8) is 0 Å². The summed E-state index contributed by atoms with van der Waals surface area (Å²) in [5, 5.41) is 8.55. The van der Waals surface area contributed by atoms with Gasteiger partial charge in [-0.3, -0.25) is 14.8 Å². The van der Waals surface area contributed by atoms with Gasteiger partial charge in [0.1, 0.15) is 0 Å². The molecule has 0 spiro atoms. The molecule has 0 atom stereocenters. The van der Waals surface area contributed by atoms with E-state index in [0.717, 1.165) is 12.8 Å². The standard InChI is InChI=1S/C20H28N2O3/c1-20(2,3)17-9-6-15(7-10-17)12-14-22-13-4-5-16(19(22)24)8-11-18(23)21-25/h5-7,9-10,25H,4,8,11-14H2,1-3H3,(H,21,23). The van der Waals surface area contributed by atoms with Crippen LogP contribution in [0.15, 0.2) is 35.9 Å². The first-order chi connectivity index (χ1) is 11.8. The van der Waals surface area contributed by atoms with E-state index in [0.29, 0.717) is 25.1 Å². The normalized spacial score (nSPS) is 15.1. The summed E-state index contributed by atoms with van der Waals surface area (Å²) in [5.41, 5.74) is 4.93. The van der Waals surface area contributed by atoms with Crippen LogP contribution in [0.2, 0.25) is 0 Å². The van der Waals surface area contributed by atoms with E-state index in [1.54, 1.807) is 5.48 Å². The summed E-state index contributed by atoms with van der Waals surface area (Å²) in [6.07, 6.45) is 4.02. The van der Waals surface area contributed by atoms with Crippen LogP contribution >= 0.6 is 0 Å². The molecule has 1 aromatic carbocycles. The summed E-state index contributed by atoms with van der Waals surface area (Å²) >= 11 is 0. The maximum absolute atomic E-state index is 12.5. The Kier molecular flexibility index (Phi) is 6.37. The third-order valence-electron chi connectivity index (χ3n) is 4.59. The molecule has 1 aliphatic rings. The number of nitrogens with zero attached hydrogens (tertiary/aromatic N) is 1. The number of nitrogens with one attached hydrogen (secondary N) is 1. The highest BCUT2D eigenvalue weighted by atomic mass is 16.5. The summed E-state index contributed by atoms with van der Waals surface area (Å²) < 4.78 is 0. The van der Waals surface area contributed by atoms with E-state index in [4.69, 9.17) is 5.21 Å². The molecule has 0 saturated carbocycles. The lowest BCUT2D eigenvalue weighted by molar-refractivity contribution is -0.129. The molecule has 0 radical (unpaired) electrons. The van der Waals surface area contributed by atoms with Gasteiger partial charge in [-0.1, -0.05) is 51.1 Å². The third kappa shape index (κ3) is 5.43. The highest BCUT2D eigenvalue weighted by Gasteiger charge is 2.22. The van der Waals surface area contributed by atoms with Gasteiger partial charge in [0.25, 0.3) is 0 Å². The molecule has 5 nitrogen and oxygen atoms in total. The first kappa shape index (κ1) is 19.2. The molecule has 0 bridgehead atoms. The Bertz CT molecular complexity index is 642. The van der Waals surface area contributed by atoms with E-state index in [1.807, 2.05) is 11.0 Å². The zero-order valence-corrected chi connectivity index (χ0v) is 15.3. The predicted octanol–water partition coefficient (Wildman–Crippen LogP) is 2.97. The second-order valence-corrected chi connectivity index (χ2v) is 7.54. The topological polar surface area (TPSA) is 69.6 Å². The average Bonchev–Trinajstić information content (AvgIpc) is 2.59. The summed E-state index contributed by atoms with van der Waals surface area (Å²) in [6.45, 7) is 7.98. The van der Waals surface area contributed by atoms with Crippen LogP contribution in [0, 0.1) is 0 Å². The van der Waals surface area contributed by atoms with Crippen molar-refractivity contribution >= 4 is 11.8 Å². The molecule has 0 unspecified atom stereocenters. The van der Waals surface area contributed by atoms with Crippen molar-refractivity contribution in [2.75, 3.05) is 13.1 Å². The zero-order chi connectivity index (χ0) is 18.4. The molecular formula is C20H28N2O3. The first-order valence-electron chi connectivity index (χ1n) is 8.82. The lowest BCUT2D eigenvalue weighted by Gasteiger charge is -2.27. The smallest absolute Gasteiger partial charge is 0.249 e. The van der Waals surface area contributed by atoms with Crippen LogP contribution in [0.1, 0.15) is 51.2 Å². The number of rotatable bonds is 6. The van der Waals surface area contributed by atoms with Gasteiger partial charge in [0.2, 0.25) is 11.8 Å². The lowest BCUT2D eigenvalue weighted by atomic mass is 9.86. The van der Waals surface area contributed by atoms with Gasteiger partial charge in [-0.15, -0.1) is 0 Å². The van der Waals surface area contributed by atoms with Gasteiger partial charge in [-0.05, 0) is 35.8 Å². The van der Waals surface area contributed by atoms with E-state index < -0.39 is 5.91 Å². The van der Waals surface area contributed by atoms with Crippen LogP contribution in [-0.4, -0.2) is 35.0 Å². The highest BCUT2D eigenvalue weighted by molar-refractivity contribution is 5.94. The molecule has 1 aliphatic heterocycles. The highest BCUT2D eigenvalue weighted by Crippen LogP contribution is 2.22. The molecule has 2 N–H and O–H groups in total. The number of carbonyl (C=O) groups is 2. The van der Waals surface area contributed by atoms with Gasteiger partial charge >= 0.3 is 0 Å². The Morgan fingerprint density at radius 2 is 1.88 bits per heavy atom. The summed E-state index contributed by atoms with van der Waals surface area (Å²) in [7, 11) is 0. The lowest BCUT2D eigenvalue weighted by Crippen LogP contribution is -2.37. The molecule has 1 heterocycles. The predicted molar refractivity (Wildman–Crippen MR) is 97.3 cm³/mol. The Labute approximate surface area is 149 Å². The van der Waals surface area contributed by atoms with Crippen LogP contribution < -0.4 is 5.48 Å². The Balaban J connectivity index is 1.89. The van der Waals surface area contributed by atoms with Crippen molar-refractivity contribution in [2.24, 2.45) is 0 Å². The molecule has 1 aromatic rings. The van der Waals surface area contributed by atoms with Crippen LogP contribution in [0.3, 0.4) is 0 Å². The van der Waals surface area contributed by atoms with Crippen molar-refractivity contribution in [1.29, 1.82) is 0 Å². The van der Waals surface area contributed by atoms with Gasteiger partial charge in [-0.25, -0.2) is 5.48 Å². The van der Waals surface area contributed by atoms with E-state index in [2.05, 4.69) is 45.0 Å². The van der Waals surface area contributed by atoms with Gasteiger partial charge in [0.05, 0.1) is 0 Å². The summed E-state index contributed by atoms with van der Waals surface area (Å²) in [5.74, 6) is -0.465. The van der Waals surface area contributed by atoms with Crippen LogP contribution in [0.25, 0.3) is 0 Å². The Hall–Kier alpha value is -2.14. The fraction of sp³-hybridized carbons (Fsp3) is 0.500. The summed E-state index contributed by atoms with van der Waals surface area (Å²) in [6, 6.07) is 8.59. The minimum Gasteiger partial charge on any atom is -0.338 e. The van der Waals surface area contributed by atoms with Crippen molar-refractivity contribution in [1.82, 2.24) is 10.4 Å². The zero-order valence-electron chi connectivity index (χ0n) is 15.3. The minimum atomic E-state index is -0.468. The van der Waals surface area contributed by atoms with Gasteiger partial charge in [0.15, 0.2) is 0 Å². The average molecular weight is 344 g/mol. The van der Waals surface area contributed by atoms with Gasteiger partial charge < -0.3 is 4.90 Å². The largest absolute Gasteiger partial charge is 0.338 e. The maximum atomic E-state index is 12.5. The van der Waals surface area contributed by atoms with E-state index in [-0.39, 0.29) is 17.7 Å². The molecule has 0 fully saturated rings. The molecule has 25 heavy (non-hydrogen) atoms. The molecule has 2 amide bonds. The SMILES string of the molecule is CC(C)(C)c1ccc(CCN2CCC=C(CCC(=O)NO)C2=O)cc1. The van der Waals surface area contributed by atoms with Crippen LogP contribution in [0.4, 0.5) is 0 Å². The fourth-order valence-electron chi connectivity index (χ4n) is 2.95. The second kappa shape index (κ2) is 8.30. The molecule has 5 heteroatoms. The molecule has 0 aromatic heterocycles. The number of benzene rings is 1. The summed E-state index contributed by atoms with van der Waals surface area (Å²) in [4.78, 5) is 25.5. The van der Waals surface area contributed by atoms with E-state index in [9.17, 15) is 9.59 Å². The molecule has 136 valence electrons. The number of hydroxylamine groups is 1. The minimum absolute atomic E-state index is 0.00306. The first-order valence-corrected chi connectivity index (χ1v) is 8.82. The van der Waals surface area contributed by atoms with Gasteiger partial charge in [-0.2, -0.15) is 0 Å². The number of amides is 2. The van der Waals surface area contributed by atoms with Crippen molar-refractivity contribution in [3.05, 3.63) is 47.0 Å². The van der Waals surface area contributed by atoms with E-state index >= 15 is 0 Å². The van der Waals surface area contributed by atoms with Crippen molar-refractivity contribution < 1.29 is 14.8 Å². The van der Waals surface area contributed by atoms with Crippen LogP contribution in [0.5, 0.6) is 0 Å². The molecule has 2 rings (SSSR count). The second-order valence-electron chi connectivity index (χ2n) is 7.54.